The number of nitrogens with one attached hydrogen (secondary N) is 1. The van der Waals surface area contributed by atoms with Gasteiger partial charge in [-0.3, -0.25) is 14.9 Å². The van der Waals surface area contributed by atoms with Gasteiger partial charge in [-0.15, -0.1) is 0 Å². The van der Waals surface area contributed by atoms with Gasteiger partial charge < -0.3 is 19.2 Å². The van der Waals surface area contributed by atoms with Crippen LogP contribution >= 0.6 is 46.4 Å². The Bertz CT molecular complexity index is 1480. The van der Waals surface area contributed by atoms with E-state index in [2.05, 4.69) is 5.32 Å². The van der Waals surface area contributed by atoms with E-state index in [4.69, 9.17) is 60.3 Å². The molecule has 0 aliphatic heterocycles. The number of anilines is 1. The lowest BCUT2D eigenvalue weighted by atomic mass is 10.2. The van der Waals surface area contributed by atoms with Crippen molar-refractivity contribution in [3.63, 3.8) is 0 Å². The Morgan fingerprint density at radius 1 is 0.973 bits per heavy atom. The lowest BCUT2D eigenvalue weighted by Crippen LogP contribution is -2.11. The van der Waals surface area contributed by atoms with Crippen LogP contribution in [-0.4, -0.2) is 10.8 Å². The Hall–Kier alpha value is -3.43. The molecule has 0 saturated heterocycles. The first-order valence-electron chi connectivity index (χ1n) is 10.5. The predicted octanol–water partition coefficient (Wildman–Crippen LogP) is 8.73. The van der Waals surface area contributed by atoms with Crippen molar-refractivity contribution < 1.29 is 23.6 Å². The molecule has 4 aromatic rings. The highest BCUT2D eigenvalue weighted by molar-refractivity contribution is 6.40. The van der Waals surface area contributed by atoms with E-state index < -0.39 is 10.8 Å². The van der Waals surface area contributed by atoms with Gasteiger partial charge in [-0.25, -0.2) is 0 Å². The predicted molar refractivity (Wildman–Crippen MR) is 142 cm³/mol. The van der Waals surface area contributed by atoms with E-state index >= 15 is 0 Å². The van der Waals surface area contributed by atoms with E-state index in [0.717, 1.165) is 5.56 Å². The highest BCUT2D eigenvalue weighted by atomic mass is 35.5. The number of furan rings is 1. The monoisotopic (exact) mass is 580 g/mol. The number of hydrogen-bond acceptors (Lipinski definition) is 6. The largest absolute Gasteiger partial charge is 0.483 e. The minimum absolute atomic E-state index is 0.0468. The molecular weight excluding hydrogens is 566 g/mol. The van der Waals surface area contributed by atoms with Gasteiger partial charge in [0.2, 0.25) is 0 Å². The number of benzene rings is 3. The van der Waals surface area contributed by atoms with Crippen molar-refractivity contribution in [3.8, 4) is 17.2 Å². The van der Waals surface area contributed by atoms with Crippen molar-refractivity contribution in [2.45, 2.75) is 13.5 Å². The highest BCUT2D eigenvalue weighted by Gasteiger charge is 2.17. The third-order valence-corrected chi connectivity index (χ3v) is 5.95. The fraction of sp³-hybridized carbons (Fsp3) is 0.0800. The van der Waals surface area contributed by atoms with Crippen LogP contribution in [0.1, 0.15) is 21.9 Å². The summed E-state index contributed by atoms with van der Waals surface area (Å²) in [4.78, 5) is 23.6. The molecule has 3 aromatic carbocycles. The second kappa shape index (κ2) is 11.3. The highest BCUT2D eigenvalue weighted by Crippen LogP contribution is 2.36. The van der Waals surface area contributed by atoms with Gasteiger partial charge in [0.15, 0.2) is 11.5 Å². The molecule has 1 aromatic heterocycles. The van der Waals surface area contributed by atoms with Crippen LogP contribution in [0.5, 0.6) is 17.2 Å². The Morgan fingerprint density at radius 2 is 1.70 bits per heavy atom. The number of ether oxygens (including phenoxy) is 2. The number of hydrogen-bond donors (Lipinski definition) is 1. The van der Waals surface area contributed by atoms with Crippen LogP contribution in [-0.2, 0) is 6.61 Å². The minimum Gasteiger partial charge on any atom is -0.483 e. The average molecular weight is 582 g/mol. The molecule has 0 unspecified atom stereocenters. The first-order valence-corrected chi connectivity index (χ1v) is 12.0. The summed E-state index contributed by atoms with van der Waals surface area (Å²) in [6.07, 6.45) is 0. The molecule has 4 rings (SSSR count). The van der Waals surface area contributed by atoms with Gasteiger partial charge in [0.05, 0.1) is 26.7 Å². The van der Waals surface area contributed by atoms with Crippen LogP contribution in [0.25, 0.3) is 0 Å². The topological polar surface area (TPSA) is 104 Å². The summed E-state index contributed by atoms with van der Waals surface area (Å²) in [6, 6.07) is 14.8. The Kier molecular flexibility index (Phi) is 8.14. The van der Waals surface area contributed by atoms with Gasteiger partial charge in [0, 0.05) is 22.2 Å². The van der Waals surface area contributed by atoms with Crippen molar-refractivity contribution in [2.75, 3.05) is 5.32 Å². The number of amides is 1. The Morgan fingerprint density at radius 3 is 2.38 bits per heavy atom. The molecule has 0 spiro atoms. The number of nitro groups is 1. The van der Waals surface area contributed by atoms with Crippen LogP contribution in [0, 0.1) is 17.0 Å². The maximum atomic E-state index is 12.8. The van der Waals surface area contributed by atoms with Gasteiger partial charge in [0.25, 0.3) is 11.6 Å². The molecule has 0 aliphatic rings. The normalized spacial score (nSPS) is 10.7. The van der Waals surface area contributed by atoms with Gasteiger partial charge in [0.1, 0.15) is 23.9 Å². The minimum atomic E-state index is -0.636. The van der Waals surface area contributed by atoms with Crippen LogP contribution in [0.4, 0.5) is 11.4 Å². The quantitative estimate of drug-likeness (QED) is 0.165. The maximum Gasteiger partial charge on any atom is 0.291 e. The van der Waals surface area contributed by atoms with Gasteiger partial charge >= 0.3 is 0 Å². The standard InChI is InChI=1S/C25H16Cl4N2O6/c1-13-6-14(26)2-4-22(13)37-19-10-16(9-17(11-19)31(33)34)30-25(32)23-5-3-18(36-23)12-35-24-20(28)7-15(27)8-21(24)29/h2-11H,12H2,1H3,(H,30,32). The number of nitro benzene ring substituents is 1. The summed E-state index contributed by atoms with van der Waals surface area (Å²) < 4.78 is 17.0. The van der Waals surface area contributed by atoms with Crippen molar-refractivity contribution in [1.29, 1.82) is 0 Å². The summed E-state index contributed by atoms with van der Waals surface area (Å²) in [5, 5.41) is 15.4. The van der Waals surface area contributed by atoms with Gasteiger partial charge in [-0.1, -0.05) is 46.4 Å². The average Bonchev–Trinajstić information content (AvgIpc) is 3.29. The molecule has 1 N–H and O–H groups in total. The van der Waals surface area contributed by atoms with Crippen LogP contribution < -0.4 is 14.8 Å². The second-order valence-electron chi connectivity index (χ2n) is 7.69. The zero-order chi connectivity index (χ0) is 26.7. The molecule has 0 atom stereocenters. The number of halogens is 4. The number of carbonyl (C=O) groups is 1. The third kappa shape index (κ3) is 6.67. The number of rotatable bonds is 8. The maximum absolute atomic E-state index is 12.8. The third-order valence-electron chi connectivity index (χ3n) is 4.93. The fourth-order valence-corrected chi connectivity index (χ4v) is 4.41. The van der Waals surface area contributed by atoms with E-state index in [1.165, 1.54) is 42.5 Å². The summed E-state index contributed by atoms with van der Waals surface area (Å²) in [5.41, 5.74) is 0.593. The van der Waals surface area contributed by atoms with Crippen LogP contribution in [0.3, 0.4) is 0 Å². The summed E-state index contributed by atoms with van der Waals surface area (Å²) in [6.45, 7) is 1.72. The molecular formula is C25H16Cl4N2O6. The van der Waals surface area contributed by atoms with E-state index in [-0.39, 0.29) is 45.3 Å². The zero-order valence-corrected chi connectivity index (χ0v) is 21.9. The lowest BCUT2D eigenvalue weighted by molar-refractivity contribution is -0.384. The lowest BCUT2D eigenvalue weighted by Gasteiger charge is -2.11. The van der Waals surface area contributed by atoms with E-state index in [1.54, 1.807) is 25.1 Å². The van der Waals surface area contributed by atoms with E-state index in [1.807, 2.05) is 0 Å². The second-order valence-corrected chi connectivity index (χ2v) is 9.38. The van der Waals surface area contributed by atoms with Crippen molar-refractivity contribution in [2.24, 2.45) is 0 Å². The molecule has 0 fully saturated rings. The Labute approximate surface area is 230 Å². The SMILES string of the molecule is Cc1cc(Cl)ccc1Oc1cc(NC(=O)c2ccc(COc3c(Cl)cc(Cl)cc3Cl)o2)cc([N+](=O)[O-])c1. The molecule has 0 aliphatic carbocycles. The summed E-state index contributed by atoms with van der Waals surface area (Å²) in [7, 11) is 0. The van der Waals surface area contributed by atoms with Gasteiger partial charge in [-0.05, 0) is 55.0 Å². The van der Waals surface area contributed by atoms with E-state index in [9.17, 15) is 14.9 Å². The molecule has 0 radical (unpaired) electrons. The smallest absolute Gasteiger partial charge is 0.291 e. The molecule has 8 nitrogen and oxygen atoms in total. The van der Waals surface area contributed by atoms with Crippen LogP contribution in [0.2, 0.25) is 20.1 Å². The molecule has 1 amide bonds. The van der Waals surface area contributed by atoms with Crippen molar-refractivity contribution in [1.82, 2.24) is 0 Å². The number of carbonyl (C=O) groups excluding carboxylic acids is 1. The first-order chi connectivity index (χ1) is 17.6. The zero-order valence-electron chi connectivity index (χ0n) is 18.9. The molecule has 1 heterocycles. The van der Waals surface area contributed by atoms with Crippen LogP contribution in [0.15, 0.2) is 65.1 Å². The molecule has 0 bridgehead atoms. The number of non-ortho nitro benzene ring substituents is 1. The van der Waals surface area contributed by atoms with Crippen molar-refractivity contribution >= 4 is 63.7 Å². The summed E-state index contributed by atoms with van der Waals surface area (Å²) in [5.74, 6) is 0.458. The molecule has 12 heteroatoms. The Balaban J connectivity index is 1.48. The summed E-state index contributed by atoms with van der Waals surface area (Å²) >= 11 is 24.1. The molecule has 37 heavy (non-hydrogen) atoms. The number of nitrogens with zero attached hydrogens (tertiary/aromatic N) is 1. The van der Waals surface area contributed by atoms with E-state index in [0.29, 0.717) is 21.6 Å². The first kappa shape index (κ1) is 26.6. The van der Waals surface area contributed by atoms with Gasteiger partial charge in [-0.2, -0.15) is 0 Å². The fourth-order valence-electron chi connectivity index (χ4n) is 3.25. The number of aryl methyl sites for hydroxylation is 1. The van der Waals surface area contributed by atoms with Crippen molar-refractivity contribution in [3.05, 3.63) is 108 Å². The molecule has 190 valence electrons. The molecule has 0 saturated carbocycles.